The number of benzene rings is 1. The third kappa shape index (κ3) is 5.01. The molecule has 1 unspecified atom stereocenters. The van der Waals surface area contributed by atoms with Crippen molar-refractivity contribution in [1.82, 2.24) is 5.32 Å². The lowest BCUT2D eigenvalue weighted by Crippen LogP contribution is -2.40. The molecule has 0 radical (unpaired) electrons. The van der Waals surface area contributed by atoms with Gasteiger partial charge in [-0.15, -0.1) is 0 Å². The first-order valence-electron chi connectivity index (χ1n) is 7.34. The van der Waals surface area contributed by atoms with Crippen molar-refractivity contribution in [2.45, 2.75) is 46.6 Å². The van der Waals surface area contributed by atoms with Gasteiger partial charge in [0.15, 0.2) is 5.75 Å². The van der Waals surface area contributed by atoms with Crippen molar-refractivity contribution in [2.24, 2.45) is 5.41 Å². The van der Waals surface area contributed by atoms with E-state index >= 15 is 0 Å². The predicted molar refractivity (Wildman–Crippen MR) is 84.9 cm³/mol. The summed E-state index contributed by atoms with van der Waals surface area (Å²) in [6.07, 6.45) is 1.75. The number of nitrogens with one attached hydrogen (secondary N) is 1. The average molecular weight is 294 g/mol. The first-order valence-corrected chi connectivity index (χ1v) is 7.34. The van der Waals surface area contributed by atoms with Gasteiger partial charge >= 0.3 is 5.69 Å². The van der Waals surface area contributed by atoms with E-state index in [0.717, 1.165) is 24.9 Å². The van der Waals surface area contributed by atoms with E-state index < -0.39 is 4.92 Å². The quantitative estimate of drug-likeness (QED) is 0.617. The predicted octanol–water partition coefficient (Wildman–Crippen LogP) is 3.56. The van der Waals surface area contributed by atoms with Gasteiger partial charge in [-0.05, 0) is 36.4 Å². The Kier molecular flexibility index (Phi) is 6.15. The minimum atomic E-state index is -0.395. The summed E-state index contributed by atoms with van der Waals surface area (Å²) in [7, 11) is 1.45. The molecule has 0 amide bonds. The smallest absolute Gasteiger partial charge is 0.311 e. The van der Waals surface area contributed by atoms with Crippen molar-refractivity contribution in [2.75, 3.05) is 13.7 Å². The van der Waals surface area contributed by atoms with Gasteiger partial charge in [0.2, 0.25) is 0 Å². The molecule has 1 rings (SSSR count). The fourth-order valence-corrected chi connectivity index (χ4v) is 2.43. The number of rotatable bonds is 7. The average Bonchev–Trinajstić information content (AvgIpc) is 2.41. The molecule has 0 heterocycles. The van der Waals surface area contributed by atoms with Crippen molar-refractivity contribution in [3.05, 3.63) is 33.9 Å². The highest BCUT2D eigenvalue weighted by Gasteiger charge is 2.23. The molecular weight excluding hydrogens is 268 g/mol. The van der Waals surface area contributed by atoms with E-state index in [1.54, 1.807) is 12.1 Å². The van der Waals surface area contributed by atoms with E-state index in [0.29, 0.717) is 11.8 Å². The molecule has 0 aromatic heterocycles. The molecule has 5 nitrogen and oxygen atoms in total. The first-order chi connectivity index (χ1) is 9.79. The van der Waals surface area contributed by atoms with Gasteiger partial charge in [-0.3, -0.25) is 10.1 Å². The van der Waals surface area contributed by atoms with Crippen molar-refractivity contribution in [3.8, 4) is 5.75 Å². The summed E-state index contributed by atoms with van der Waals surface area (Å²) in [5, 5.41) is 14.5. The Morgan fingerprint density at radius 2 is 2.05 bits per heavy atom. The van der Waals surface area contributed by atoms with E-state index in [-0.39, 0.29) is 11.1 Å². The van der Waals surface area contributed by atoms with Crippen LogP contribution in [0.15, 0.2) is 18.2 Å². The summed E-state index contributed by atoms with van der Waals surface area (Å²) in [6.45, 7) is 9.63. The van der Waals surface area contributed by atoms with Gasteiger partial charge < -0.3 is 10.1 Å². The molecule has 0 aliphatic rings. The van der Waals surface area contributed by atoms with Crippen LogP contribution in [0.25, 0.3) is 0 Å². The van der Waals surface area contributed by atoms with Crippen molar-refractivity contribution in [3.63, 3.8) is 0 Å². The van der Waals surface area contributed by atoms with Gasteiger partial charge in [0.05, 0.1) is 12.0 Å². The summed E-state index contributed by atoms with van der Waals surface area (Å²) in [6, 6.07) is 5.57. The molecule has 0 fully saturated rings. The molecule has 0 aliphatic carbocycles. The molecule has 1 atom stereocenters. The Morgan fingerprint density at radius 1 is 1.38 bits per heavy atom. The fourth-order valence-electron chi connectivity index (χ4n) is 2.43. The molecule has 1 aromatic rings. The maximum absolute atomic E-state index is 11.0. The van der Waals surface area contributed by atoms with E-state index in [4.69, 9.17) is 4.74 Å². The molecule has 5 heteroatoms. The number of methoxy groups -OCH3 is 1. The van der Waals surface area contributed by atoms with E-state index in [2.05, 4.69) is 33.0 Å². The maximum atomic E-state index is 11.0. The zero-order valence-corrected chi connectivity index (χ0v) is 13.6. The number of hydrogen-bond acceptors (Lipinski definition) is 4. The molecule has 118 valence electrons. The molecule has 0 saturated heterocycles. The normalized spacial score (nSPS) is 13.0. The lowest BCUT2D eigenvalue weighted by atomic mass is 9.83. The van der Waals surface area contributed by atoms with Gasteiger partial charge in [-0.1, -0.05) is 33.8 Å². The Hall–Kier alpha value is -1.62. The summed E-state index contributed by atoms with van der Waals surface area (Å²) in [5.74, 6) is 0.308. The highest BCUT2D eigenvalue weighted by Crippen LogP contribution is 2.29. The van der Waals surface area contributed by atoms with Crippen LogP contribution < -0.4 is 10.1 Å². The lowest BCUT2D eigenvalue weighted by molar-refractivity contribution is -0.385. The molecule has 0 aliphatic heterocycles. The highest BCUT2D eigenvalue weighted by molar-refractivity contribution is 5.48. The molecule has 1 aromatic carbocycles. The Balaban J connectivity index is 2.83. The number of aryl methyl sites for hydroxylation is 1. The second-order valence-electron chi connectivity index (χ2n) is 6.28. The highest BCUT2D eigenvalue weighted by atomic mass is 16.6. The molecule has 0 saturated carbocycles. The zero-order chi connectivity index (χ0) is 16.0. The van der Waals surface area contributed by atoms with Crippen molar-refractivity contribution < 1.29 is 9.66 Å². The largest absolute Gasteiger partial charge is 0.490 e. The van der Waals surface area contributed by atoms with E-state index in [9.17, 15) is 10.1 Å². The molecule has 0 spiro atoms. The van der Waals surface area contributed by atoms with Crippen LogP contribution >= 0.6 is 0 Å². The van der Waals surface area contributed by atoms with Crippen LogP contribution in [-0.2, 0) is 6.42 Å². The molecule has 1 N–H and O–H groups in total. The van der Waals surface area contributed by atoms with Crippen LogP contribution in [0.2, 0.25) is 0 Å². The molecule has 0 bridgehead atoms. The van der Waals surface area contributed by atoms with E-state index in [1.807, 2.05) is 6.07 Å². The topological polar surface area (TPSA) is 64.4 Å². The number of hydrogen-bond donors (Lipinski definition) is 1. The minimum absolute atomic E-state index is 0.0331. The third-order valence-corrected chi connectivity index (χ3v) is 3.66. The minimum Gasteiger partial charge on any atom is -0.490 e. The second-order valence-corrected chi connectivity index (χ2v) is 6.28. The Bertz CT molecular complexity index is 481. The van der Waals surface area contributed by atoms with Crippen LogP contribution in [0, 0.1) is 15.5 Å². The van der Waals surface area contributed by atoms with E-state index in [1.165, 1.54) is 7.11 Å². The number of nitro groups is 1. The fraction of sp³-hybridized carbons (Fsp3) is 0.625. The van der Waals surface area contributed by atoms with Crippen molar-refractivity contribution in [1.29, 1.82) is 0 Å². The maximum Gasteiger partial charge on any atom is 0.311 e. The molecule has 21 heavy (non-hydrogen) atoms. The third-order valence-electron chi connectivity index (χ3n) is 3.66. The zero-order valence-electron chi connectivity index (χ0n) is 13.6. The van der Waals surface area contributed by atoms with Gasteiger partial charge in [0.25, 0.3) is 0 Å². The number of nitro benzene ring substituents is 1. The van der Waals surface area contributed by atoms with Gasteiger partial charge in [0, 0.05) is 12.1 Å². The summed E-state index contributed by atoms with van der Waals surface area (Å²) < 4.78 is 5.03. The summed E-state index contributed by atoms with van der Waals surface area (Å²) in [4.78, 5) is 10.7. The van der Waals surface area contributed by atoms with Gasteiger partial charge in [0.1, 0.15) is 0 Å². The summed E-state index contributed by atoms with van der Waals surface area (Å²) in [5.41, 5.74) is 1.16. The van der Waals surface area contributed by atoms with Crippen LogP contribution in [0.3, 0.4) is 0 Å². The van der Waals surface area contributed by atoms with Gasteiger partial charge in [-0.2, -0.15) is 0 Å². The Labute approximate surface area is 126 Å². The standard InChI is InChI=1S/C16H26N2O3/c1-6-17-15(16(2,3)4)10-8-12-7-9-14(21-5)13(11-12)18(19)20/h7,9,11,15,17H,6,8,10H2,1-5H3. The van der Waals surface area contributed by atoms with Crippen LogP contribution in [0.1, 0.15) is 39.7 Å². The van der Waals surface area contributed by atoms with Crippen LogP contribution in [0.4, 0.5) is 5.69 Å². The van der Waals surface area contributed by atoms with Crippen LogP contribution in [0.5, 0.6) is 5.75 Å². The second kappa shape index (κ2) is 7.41. The lowest BCUT2D eigenvalue weighted by Gasteiger charge is -2.31. The monoisotopic (exact) mass is 294 g/mol. The number of nitrogens with zero attached hydrogens (tertiary/aromatic N) is 1. The molecular formula is C16H26N2O3. The van der Waals surface area contributed by atoms with Crippen LogP contribution in [-0.4, -0.2) is 24.6 Å². The SMILES string of the molecule is CCNC(CCc1ccc(OC)c([N+](=O)[O-])c1)C(C)(C)C. The first kappa shape index (κ1) is 17.4. The number of ether oxygens (including phenoxy) is 1. The Morgan fingerprint density at radius 3 is 2.52 bits per heavy atom. The van der Waals surface area contributed by atoms with Crippen molar-refractivity contribution >= 4 is 5.69 Å². The van der Waals surface area contributed by atoms with Gasteiger partial charge in [-0.25, -0.2) is 0 Å². The summed E-state index contributed by atoms with van der Waals surface area (Å²) >= 11 is 0.